The van der Waals surface area contributed by atoms with E-state index in [9.17, 15) is 24.0 Å². The summed E-state index contributed by atoms with van der Waals surface area (Å²) >= 11 is 1.48. The molecule has 0 spiro atoms. The third-order valence-electron chi connectivity index (χ3n) is 11.2. The fraction of sp³-hybridized carbons (Fsp3) is 0.422. The summed E-state index contributed by atoms with van der Waals surface area (Å²) in [6.07, 6.45) is 7.38. The van der Waals surface area contributed by atoms with E-state index in [4.69, 9.17) is 14.5 Å². The van der Waals surface area contributed by atoms with E-state index in [1.54, 1.807) is 48.1 Å². The SMILES string of the molecule is CC(=O)c1c(C)c2cnc(Nc3ccc(N4CCN(CC(=O)NCCOCCOCCC(=O)Nc5ccccc5C(=O)Nc5ccc(C)s5)CC4)cn3)nc2n(C2CCCC2)c1=O. The van der Waals surface area contributed by atoms with E-state index in [0.717, 1.165) is 67.4 Å². The van der Waals surface area contributed by atoms with Crippen LogP contribution in [0.2, 0.25) is 0 Å². The topological polar surface area (TPSA) is 202 Å². The lowest BCUT2D eigenvalue weighted by Gasteiger charge is -2.35. The molecule has 1 aromatic carbocycles. The molecule has 1 saturated heterocycles. The number of hydrogen-bond donors (Lipinski definition) is 4. The molecule has 1 saturated carbocycles. The van der Waals surface area contributed by atoms with Crippen molar-refractivity contribution in [3.63, 3.8) is 0 Å². The fourth-order valence-electron chi connectivity index (χ4n) is 7.93. The second-order valence-corrected chi connectivity index (χ2v) is 17.0. The Bertz CT molecular complexity index is 2480. The largest absolute Gasteiger partial charge is 0.379 e. The number of anilines is 5. The quantitative estimate of drug-likeness (QED) is 0.0601. The normalized spacial score (nSPS) is 14.5. The molecule has 7 rings (SSSR count). The number of fused-ring (bicyclic) bond motifs is 1. The average Bonchev–Trinajstić information content (AvgIpc) is 3.95. The highest BCUT2D eigenvalue weighted by Crippen LogP contribution is 2.32. The molecule has 5 heterocycles. The Morgan fingerprint density at radius 3 is 2.32 bits per heavy atom. The van der Waals surface area contributed by atoms with Crippen LogP contribution in [0.25, 0.3) is 11.0 Å². The molecule has 332 valence electrons. The molecule has 4 N–H and O–H groups in total. The first-order chi connectivity index (χ1) is 30.5. The van der Waals surface area contributed by atoms with Crippen LogP contribution in [0.1, 0.15) is 76.2 Å². The summed E-state index contributed by atoms with van der Waals surface area (Å²) in [5.41, 5.74) is 2.80. The van der Waals surface area contributed by atoms with Gasteiger partial charge in [-0.2, -0.15) is 4.98 Å². The van der Waals surface area contributed by atoms with Crippen molar-refractivity contribution in [2.24, 2.45) is 0 Å². The number of ketones is 1. The molecule has 0 unspecified atom stereocenters. The zero-order valence-electron chi connectivity index (χ0n) is 35.9. The van der Waals surface area contributed by atoms with Crippen molar-refractivity contribution in [1.29, 1.82) is 0 Å². The minimum Gasteiger partial charge on any atom is -0.379 e. The molecule has 3 amide bonds. The Morgan fingerprint density at radius 2 is 1.60 bits per heavy atom. The highest BCUT2D eigenvalue weighted by molar-refractivity contribution is 7.16. The Morgan fingerprint density at radius 1 is 0.841 bits per heavy atom. The molecule has 0 atom stereocenters. The lowest BCUT2D eigenvalue weighted by atomic mass is 10.0. The summed E-state index contributed by atoms with van der Waals surface area (Å²) in [4.78, 5) is 83.3. The Labute approximate surface area is 369 Å². The van der Waals surface area contributed by atoms with Crippen LogP contribution in [0.3, 0.4) is 0 Å². The van der Waals surface area contributed by atoms with Crippen molar-refractivity contribution >= 4 is 74.0 Å². The first-order valence-electron chi connectivity index (χ1n) is 21.4. The number of benzene rings is 1. The third kappa shape index (κ3) is 11.7. The lowest BCUT2D eigenvalue weighted by Crippen LogP contribution is -2.49. The molecular formula is C45H54N10O7S. The monoisotopic (exact) mass is 878 g/mol. The summed E-state index contributed by atoms with van der Waals surface area (Å²) < 4.78 is 12.8. The molecule has 0 radical (unpaired) electrons. The van der Waals surface area contributed by atoms with Gasteiger partial charge in [-0.25, -0.2) is 9.97 Å². The zero-order chi connectivity index (χ0) is 44.3. The zero-order valence-corrected chi connectivity index (χ0v) is 36.7. The van der Waals surface area contributed by atoms with Crippen LogP contribution in [-0.4, -0.2) is 114 Å². The average molecular weight is 879 g/mol. The third-order valence-corrected chi connectivity index (χ3v) is 12.1. The molecule has 5 aromatic rings. The van der Waals surface area contributed by atoms with Crippen LogP contribution in [0.15, 0.2) is 65.7 Å². The van der Waals surface area contributed by atoms with Gasteiger partial charge in [-0.15, -0.1) is 11.3 Å². The number of para-hydroxylation sites is 1. The predicted molar refractivity (Wildman–Crippen MR) is 244 cm³/mol. The first kappa shape index (κ1) is 45.0. The molecular weight excluding hydrogens is 825 g/mol. The summed E-state index contributed by atoms with van der Waals surface area (Å²) in [7, 11) is 0. The number of pyridine rings is 2. The number of carbonyl (C=O) groups excluding carboxylic acids is 4. The van der Waals surface area contributed by atoms with E-state index >= 15 is 0 Å². The molecule has 0 bridgehead atoms. The van der Waals surface area contributed by atoms with Crippen molar-refractivity contribution in [3.8, 4) is 0 Å². The number of piperazine rings is 1. The van der Waals surface area contributed by atoms with Gasteiger partial charge in [0.15, 0.2) is 5.78 Å². The van der Waals surface area contributed by atoms with Crippen LogP contribution < -0.4 is 31.7 Å². The van der Waals surface area contributed by atoms with Gasteiger partial charge in [-0.1, -0.05) is 25.0 Å². The summed E-state index contributed by atoms with van der Waals surface area (Å²) in [5.74, 6) is -0.0113. The van der Waals surface area contributed by atoms with Crippen LogP contribution in [-0.2, 0) is 19.1 Å². The van der Waals surface area contributed by atoms with Crippen molar-refractivity contribution in [2.45, 2.75) is 58.9 Å². The lowest BCUT2D eigenvalue weighted by molar-refractivity contribution is -0.122. The molecule has 18 heteroatoms. The van der Waals surface area contributed by atoms with Crippen molar-refractivity contribution in [3.05, 3.63) is 92.8 Å². The maximum absolute atomic E-state index is 13.5. The van der Waals surface area contributed by atoms with E-state index in [1.807, 2.05) is 31.2 Å². The Hall–Kier alpha value is -6.08. The fourth-order valence-corrected chi connectivity index (χ4v) is 8.69. The molecule has 17 nitrogen and oxygen atoms in total. The van der Waals surface area contributed by atoms with Gasteiger partial charge in [0.25, 0.3) is 11.5 Å². The smallest absolute Gasteiger partial charge is 0.263 e. The maximum atomic E-state index is 13.5. The van der Waals surface area contributed by atoms with Crippen LogP contribution in [0.4, 0.5) is 28.1 Å². The second kappa shape index (κ2) is 21.3. The van der Waals surface area contributed by atoms with E-state index in [1.165, 1.54) is 18.3 Å². The van der Waals surface area contributed by atoms with E-state index in [2.05, 4.69) is 41.0 Å². The van der Waals surface area contributed by atoms with Gasteiger partial charge in [0, 0.05) is 55.2 Å². The Kier molecular flexibility index (Phi) is 15.2. The number of ether oxygens (including phenoxy) is 2. The molecule has 1 aliphatic carbocycles. The number of amides is 3. The number of aromatic nitrogens is 4. The van der Waals surface area contributed by atoms with Crippen molar-refractivity contribution in [1.82, 2.24) is 29.7 Å². The molecule has 63 heavy (non-hydrogen) atoms. The minimum absolute atomic E-state index is 0.00524. The van der Waals surface area contributed by atoms with Crippen LogP contribution in [0, 0.1) is 13.8 Å². The highest BCUT2D eigenvalue weighted by Gasteiger charge is 2.26. The number of nitrogens with zero attached hydrogens (tertiary/aromatic N) is 6. The summed E-state index contributed by atoms with van der Waals surface area (Å²) in [5, 5.41) is 13.2. The van der Waals surface area contributed by atoms with Gasteiger partial charge in [-0.3, -0.25) is 33.4 Å². The van der Waals surface area contributed by atoms with E-state index < -0.39 is 0 Å². The van der Waals surface area contributed by atoms with Gasteiger partial charge in [0.05, 0.1) is 73.1 Å². The van der Waals surface area contributed by atoms with Gasteiger partial charge in [0.1, 0.15) is 11.5 Å². The van der Waals surface area contributed by atoms with Crippen LogP contribution in [0.5, 0.6) is 0 Å². The molecule has 2 aliphatic rings. The van der Waals surface area contributed by atoms with E-state index in [0.29, 0.717) is 72.5 Å². The van der Waals surface area contributed by atoms with Gasteiger partial charge < -0.3 is 35.6 Å². The van der Waals surface area contributed by atoms with Crippen LogP contribution >= 0.6 is 11.3 Å². The number of hydrogen-bond acceptors (Lipinski definition) is 14. The standard InChI is InChI=1S/C45H54N10O7S/c1-29-12-15-40(63-29)51-43(59)34-10-6-7-11-36(34)49-38(57)16-22-61-24-25-62-23-17-46-39(58)28-53-18-20-54(21-19-53)33-13-14-37(47-26-33)50-45-48-27-35-30(2)41(31(3)56)44(60)55(42(35)52-45)32-8-4-5-9-32/h6-7,10-15,26-27,32H,4-5,8-9,16-25,28H2,1-3H3,(H,46,58)(H,49,57)(H,51,59)(H,47,48,50,52). The number of aryl methyl sites for hydroxylation is 2. The van der Waals surface area contributed by atoms with Crippen molar-refractivity contribution < 1.29 is 28.7 Å². The number of rotatable bonds is 19. The molecule has 1 aliphatic heterocycles. The minimum atomic E-state index is -0.296. The summed E-state index contributed by atoms with van der Waals surface area (Å²) in [6.45, 7) is 9.89. The predicted octanol–water partition coefficient (Wildman–Crippen LogP) is 5.48. The van der Waals surface area contributed by atoms with Gasteiger partial charge >= 0.3 is 0 Å². The van der Waals surface area contributed by atoms with E-state index in [-0.39, 0.29) is 53.7 Å². The number of nitrogens with one attached hydrogen (secondary N) is 4. The number of carbonyl (C=O) groups is 4. The van der Waals surface area contributed by atoms with Gasteiger partial charge in [0.2, 0.25) is 17.8 Å². The first-order valence-corrected chi connectivity index (χ1v) is 22.2. The number of thiophene rings is 1. The molecule has 4 aromatic heterocycles. The maximum Gasteiger partial charge on any atom is 0.263 e. The van der Waals surface area contributed by atoms with Crippen molar-refractivity contribution in [2.75, 3.05) is 86.5 Å². The highest BCUT2D eigenvalue weighted by atomic mass is 32.1. The molecule has 2 fully saturated rings. The Balaban J connectivity index is 0.765. The second-order valence-electron chi connectivity index (χ2n) is 15.7. The number of Topliss-reactive ketones (excluding diaryl/α,β-unsaturated/α-hetero) is 1. The summed E-state index contributed by atoms with van der Waals surface area (Å²) in [6, 6.07) is 14.5. The van der Waals surface area contributed by atoms with Gasteiger partial charge in [-0.05, 0) is 75.6 Å².